The van der Waals surface area contributed by atoms with E-state index in [0.29, 0.717) is 11.4 Å². The Morgan fingerprint density at radius 2 is 2.00 bits per heavy atom. The van der Waals surface area contributed by atoms with Crippen molar-refractivity contribution >= 4 is 39.8 Å². The van der Waals surface area contributed by atoms with Crippen molar-refractivity contribution < 1.29 is 4.79 Å². The molecule has 0 saturated carbocycles. The van der Waals surface area contributed by atoms with Crippen LogP contribution in [0.5, 0.6) is 0 Å². The molecule has 0 spiro atoms. The number of halogens is 1. The van der Waals surface area contributed by atoms with Crippen molar-refractivity contribution in [3.63, 3.8) is 0 Å². The number of benzene rings is 2. The number of rotatable bonds is 1. The SMILES string of the molecule is CC1Cc2c(Cl)cccc2N(c2cnc3ccccc3c2)C1=O. The first kappa shape index (κ1) is 14.2. The summed E-state index contributed by atoms with van der Waals surface area (Å²) in [5, 5.41) is 1.72. The van der Waals surface area contributed by atoms with Crippen molar-refractivity contribution in [2.75, 3.05) is 4.90 Å². The van der Waals surface area contributed by atoms with Gasteiger partial charge in [-0.1, -0.05) is 42.8 Å². The maximum absolute atomic E-state index is 12.8. The van der Waals surface area contributed by atoms with Crippen LogP contribution in [0.25, 0.3) is 10.9 Å². The summed E-state index contributed by atoms with van der Waals surface area (Å²) in [7, 11) is 0. The molecular formula is C19H15ClN2O. The molecule has 3 aromatic rings. The maximum atomic E-state index is 12.8. The van der Waals surface area contributed by atoms with Crippen molar-refractivity contribution in [1.29, 1.82) is 0 Å². The predicted molar refractivity (Wildman–Crippen MR) is 93.2 cm³/mol. The van der Waals surface area contributed by atoms with Crippen molar-refractivity contribution in [3.8, 4) is 0 Å². The van der Waals surface area contributed by atoms with Crippen LogP contribution in [0.3, 0.4) is 0 Å². The number of anilines is 2. The number of carbonyl (C=O) groups is 1. The quantitative estimate of drug-likeness (QED) is 0.648. The normalized spacial score (nSPS) is 17.4. The lowest BCUT2D eigenvalue weighted by atomic mass is 9.92. The Morgan fingerprint density at radius 1 is 1.17 bits per heavy atom. The van der Waals surface area contributed by atoms with Crippen LogP contribution >= 0.6 is 11.6 Å². The monoisotopic (exact) mass is 322 g/mol. The number of hydrogen-bond acceptors (Lipinski definition) is 2. The van der Waals surface area contributed by atoms with E-state index in [-0.39, 0.29) is 11.8 Å². The fourth-order valence-electron chi connectivity index (χ4n) is 3.14. The molecule has 2 aromatic carbocycles. The van der Waals surface area contributed by atoms with Gasteiger partial charge in [0.05, 0.1) is 23.1 Å². The van der Waals surface area contributed by atoms with Crippen molar-refractivity contribution in [1.82, 2.24) is 4.98 Å². The van der Waals surface area contributed by atoms with E-state index in [1.165, 1.54) is 0 Å². The molecule has 1 unspecified atom stereocenters. The van der Waals surface area contributed by atoms with E-state index in [0.717, 1.165) is 27.8 Å². The summed E-state index contributed by atoms with van der Waals surface area (Å²) in [6.45, 7) is 1.94. The number of aromatic nitrogens is 1. The highest BCUT2D eigenvalue weighted by atomic mass is 35.5. The fourth-order valence-corrected chi connectivity index (χ4v) is 3.39. The Morgan fingerprint density at radius 3 is 2.87 bits per heavy atom. The highest BCUT2D eigenvalue weighted by Gasteiger charge is 2.32. The Kier molecular flexibility index (Phi) is 3.31. The Bertz CT molecular complexity index is 922. The average Bonchev–Trinajstić information content (AvgIpc) is 2.57. The van der Waals surface area contributed by atoms with Gasteiger partial charge in [-0.3, -0.25) is 14.7 Å². The molecule has 4 rings (SSSR count). The zero-order valence-electron chi connectivity index (χ0n) is 12.7. The van der Waals surface area contributed by atoms with Gasteiger partial charge in [-0.2, -0.15) is 0 Å². The number of hydrogen-bond donors (Lipinski definition) is 0. The summed E-state index contributed by atoms with van der Waals surface area (Å²) in [6.07, 6.45) is 2.42. The molecule has 3 nitrogen and oxygen atoms in total. The molecule has 0 aliphatic carbocycles. The van der Waals surface area contributed by atoms with Gasteiger partial charge >= 0.3 is 0 Å². The first-order chi connectivity index (χ1) is 11.1. The Balaban J connectivity index is 1.92. The summed E-state index contributed by atoms with van der Waals surface area (Å²) in [5.74, 6) is -0.0225. The standard InChI is InChI=1S/C19H15ClN2O/c1-12-9-15-16(20)6-4-8-18(15)22(19(12)23)14-10-13-5-2-3-7-17(13)21-11-14/h2-8,10-12H,9H2,1H3. The largest absolute Gasteiger partial charge is 0.279 e. The summed E-state index contributed by atoms with van der Waals surface area (Å²) >= 11 is 6.35. The molecule has 114 valence electrons. The molecule has 1 aliphatic rings. The van der Waals surface area contributed by atoms with Crippen molar-refractivity contribution in [2.45, 2.75) is 13.3 Å². The molecule has 0 saturated heterocycles. The maximum Gasteiger partial charge on any atom is 0.234 e. The summed E-state index contributed by atoms with van der Waals surface area (Å²) in [5.41, 5.74) is 3.58. The summed E-state index contributed by atoms with van der Waals surface area (Å²) < 4.78 is 0. The molecule has 0 radical (unpaired) electrons. The number of nitrogens with zero attached hydrogens (tertiary/aromatic N) is 2. The Hall–Kier alpha value is -2.39. The van der Waals surface area contributed by atoms with Crippen LogP contribution in [0.1, 0.15) is 12.5 Å². The zero-order chi connectivity index (χ0) is 16.0. The van der Waals surface area contributed by atoms with Crippen LogP contribution in [-0.2, 0) is 11.2 Å². The summed E-state index contributed by atoms with van der Waals surface area (Å²) in [6, 6.07) is 15.6. The highest BCUT2D eigenvalue weighted by molar-refractivity contribution is 6.32. The third-order valence-electron chi connectivity index (χ3n) is 4.32. The molecular weight excluding hydrogens is 308 g/mol. The smallest absolute Gasteiger partial charge is 0.234 e. The number of para-hydroxylation sites is 1. The van der Waals surface area contributed by atoms with Gasteiger partial charge in [-0.25, -0.2) is 0 Å². The molecule has 0 bridgehead atoms. The second-order valence-corrected chi connectivity index (χ2v) is 6.31. The molecule has 0 N–H and O–H groups in total. The van der Waals surface area contributed by atoms with Crippen LogP contribution in [0.15, 0.2) is 54.7 Å². The van der Waals surface area contributed by atoms with Crippen molar-refractivity contribution in [3.05, 3.63) is 65.3 Å². The predicted octanol–water partition coefficient (Wildman–Crippen LogP) is 4.75. The number of fused-ring (bicyclic) bond motifs is 2. The number of carbonyl (C=O) groups excluding carboxylic acids is 1. The van der Waals surface area contributed by atoms with E-state index in [9.17, 15) is 4.79 Å². The van der Waals surface area contributed by atoms with Gasteiger partial charge in [-0.05, 0) is 36.2 Å². The van der Waals surface area contributed by atoms with Gasteiger partial charge in [-0.15, -0.1) is 0 Å². The molecule has 1 atom stereocenters. The van der Waals surface area contributed by atoms with E-state index in [4.69, 9.17) is 11.6 Å². The van der Waals surface area contributed by atoms with E-state index >= 15 is 0 Å². The molecule has 1 aromatic heterocycles. The third kappa shape index (κ3) is 2.28. The van der Waals surface area contributed by atoms with Gasteiger partial charge in [0.25, 0.3) is 0 Å². The lowest BCUT2D eigenvalue weighted by molar-refractivity contribution is -0.121. The second kappa shape index (κ2) is 5.36. The zero-order valence-corrected chi connectivity index (χ0v) is 13.4. The molecule has 23 heavy (non-hydrogen) atoms. The van der Waals surface area contributed by atoms with Gasteiger partial charge in [0.2, 0.25) is 5.91 Å². The minimum atomic E-state index is -0.103. The van der Waals surface area contributed by atoms with Crippen LogP contribution < -0.4 is 4.90 Å². The topological polar surface area (TPSA) is 33.2 Å². The van der Waals surface area contributed by atoms with Crippen molar-refractivity contribution in [2.24, 2.45) is 5.92 Å². The van der Waals surface area contributed by atoms with Gasteiger partial charge in [0, 0.05) is 16.3 Å². The lowest BCUT2D eigenvalue weighted by Crippen LogP contribution is -2.37. The minimum Gasteiger partial charge on any atom is -0.279 e. The van der Waals surface area contributed by atoms with E-state index in [2.05, 4.69) is 4.98 Å². The van der Waals surface area contributed by atoms with Crippen LogP contribution in [0.4, 0.5) is 11.4 Å². The molecule has 2 heterocycles. The van der Waals surface area contributed by atoms with E-state index < -0.39 is 0 Å². The Labute approximate surface area is 139 Å². The highest BCUT2D eigenvalue weighted by Crippen LogP contribution is 2.39. The average molecular weight is 323 g/mol. The second-order valence-electron chi connectivity index (χ2n) is 5.90. The van der Waals surface area contributed by atoms with Gasteiger partial charge < -0.3 is 0 Å². The van der Waals surface area contributed by atoms with E-state index in [1.807, 2.05) is 55.5 Å². The molecule has 4 heteroatoms. The van der Waals surface area contributed by atoms with Crippen LogP contribution in [-0.4, -0.2) is 10.9 Å². The minimum absolute atomic E-state index is 0.0804. The first-order valence-electron chi connectivity index (χ1n) is 7.61. The molecule has 0 fully saturated rings. The first-order valence-corrected chi connectivity index (χ1v) is 7.99. The van der Waals surface area contributed by atoms with Crippen LogP contribution in [0.2, 0.25) is 5.02 Å². The fraction of sp³-hybridized carbons (Fsp3) is 0.158. The van der Waals surface area contributed by atoms with Crippen LogP contribution in [0, 0.1) is 5.92 Å². The third-order valence-corrected chi connectivity index (χ3v) is 4.68. The summed E-state index contributed by atoms with van der Waals surface area (Å²) in [4.78, 5) is 19.0. The van der Waals surface area contributed by atoms with Gasteiger partial charge in [0.1, 0.15) is 0 Å². The lowest BCUT2D eigenvalue weighted by Gasteiger charge is -2.33. The van der Waals surface area contributed by atoms with Gasteiger partial charge in [0.15, 0.2) is 0 Å². The number of pyridine rings is 1. The molecule has 1 amide bonds. The molecule has 1 aliphatic heterocycles. The van der Waals surface area contributed by atoms with E-state index in [1.54, 1.807) is 11.1 Å². The number of amides is 1.